The average molecular weight is 267 g/mol. The minimum atomic E-state index is 0.0418. The molecular weight excluding hydrogens is 248 g/mol. The summed E-state index contributed by atoms with van der Waals surface area (Å²) in [5.74, 6) is 0.0418. The molecule has 0 atom stereocenters. The Kier molecular flexibility index (Phi) is 4.12. The van der Waals surface area contributed by atoms with Crippen LogP contribution in [0.5, 0.6) is 0 Å². The molecule has 3 nitrogen and oxygen atoms in total. The highest BCUT2D eigenvalue weighted by Gasteiger charge is 2.33. The number of hydrogen-bond donors (Lipinski definition) is 1. The van der Waals surface area contributed by atoms with Crippen LogP contribution >= 0.6 is 11.6 Å². The first-order chi connectivity index (χ1) is 8.63. The summed E-state index contributed by atoms with van der Waals surface area (Å²) in [7, 11) is 0. The number of carbonyl (C=O) groups excluding carboxylic acids is 1. The first-order valence-electron chi connectivity index (χ1n) is 6.49. The van der Waals surface area contributed by atoms with Crippen molar-refractivity contribution in [2.75, 3.05) is 12.3 Å². The fraction of sp³-hybridized carbons (Fsp3) is 0.500. The monoisotopic (exact) mass is 266 g/mol. The van der Waals surface area contributed by atoms with Gasteiger partial charge in [0.25, 0.3) is 5.91 Å². The summed E-state index contributed by atoms with van der Waals surface area (Å²) < 4.78 is 0. The molecule has 2 N–H and O–H groups in total. The second kappa shape index (κ2) is 5.61. The van der Waals surface area contributed by atoms with Crippen molar-refractivity contribution in [2.24, 2.45) is 0 Å². The van der Waals surface area contributed by atoms with Crippen molar-refractivity contribution in [1.82, 2.24) is 4.90 Å². The second-order valence-electron chi connectivity index (χ2n) is 4.81. The fourth-order valence-corrected chi connectivity index (χ4v) is 2.23. The van der Waals surface area contributed by atoms with Gasteiger partial charge in [-0.2, -0.15) is 0 Å². The number of hydrogen-bond acceptors (Lipinski definition) is 2. The largest absolute Gasteiger partial charge is 0.398 e. The number of nitrogens with two attached hydrogens (primary N) is 1. The van der Waals surface area contributed by atoms with Crippen LogP contribution in [-0.2, 0) is 0 Å². The number of anilines is 1. The van der Waals surface area contributed by atoms with Crippen molar-refractivity contribution in [2.45, 2.75) is 38.6 Å². The van der Waals surface area contributed by atoms with Crippen LogP contribution in [0.4, 0.5) is 5.69 Å². The molecule has 0 heterocycles. The maximum Gasteiger partial charge on any atom is 0.256 e. The van der Waals surface area contributed by atoms with Crippen LogP contribution in [0.3, 0.4) is 0 Å². The first-order valence-corrected chi connectivity index (χ1v) is 6.87. The Morgan fingerprint density at radius 2 is 2.22 bits per heavy atom. The van der Waals surface area contributed by atoms with Crippen molar-refractivity contribution in [3.05, 3.63) is 28.8 Å². The molecule has 0 bridgehead atoms. The highest BCUT2D eigenvalue weighted by molar-refractivity contribution is 6.31. The molecule has 1 aromatic rings. The van der Waals surface area contributed by atoms with E-state index in [-0.39, 0.29) is 5.91 Å². The van der Waals surface area contributed by atoms with Crippen LogP contribution in [0.25, 0.3) is 0 Å². The summed E-state index contributed by atoms with van der Waals surface area (Å²) in [6.07, 6.45) is 4.36. The van der Waals surface area contributed by atoms with Gasteiger partial charge in [-0.15, -0.1) is 0 Å². The number of nitrogen functional groups attached to an aromatic ring is 1. The molecule has 1 aliphatic rings. The summed E-state index contributed by atoms with van der Waals surface area (Å²) >= 11 is 5.85. The topological polar surface area (TPSA) is 46.3 Å². The predicted molar refractivity (Wildman–Crippen MR) is 74.8 cm³/mol. The molecule has 1 aromatic carbocycles. The van der Waals surface area contributed by atoms with E-state index in [1.54, 1.807) is 18.2 Å². The van der Waals surface area contributed by atoms with E-state index in [2.05, 4.69) is 6.92 Å². The van der Waals surface area contributed by atoms with E-state index in [0.29, 0.717) is 22.3 Å². The Labute approximate surface area is 113 Å². The molecule has 2 rings (SSSR count). The van der Waals surface area contributed by atoms with E-state index in [1.807, 2.05) is 4.90 Å². The van der Waals surface area contributed by atoms with Gasteiger partial charge >= 0.3 is 0 Å². The van der Waals surface area contributed by atoms with E-state index in [4.69, 9.17) is 17.3 Å². The van der Waals surface area contributed by atoms with E-state index < -0.39 is 0 Å². The number of nitrogens with zero attached hydrogens (tertiary/aromatic N) is 1. The van der Waals surface area contributed by atoms with E-state index in [0.717, 1.165) is 32.2 Å². The van der Waals surface area contributed by atoms with Gasteiger partial charge in [-0.1, -0.05) is 24.9 Å². The molecule has 1 saturated carbocycles. The zero-order valence-electron chi connectivity index (χ0n) is 10.7. The Morgan fingerprint density at radius 3 is 2.78 bits per heavy atom. The summed E-state index contributed by atoms with van der Waals surface area (Å²) in [6, 6.07) is 5.50. The third-order valence-electron chi connectivity index (χ3n) is 3.25. The molecule has 0 saturated heterocycles. The number of rotatable bonds is 5. The fourth-order valence-electron chi connectivity index (χ4n) is 2.05. The minimum absolute atomic E-state index is 0.0418. The highest BCUT2D eigenvalue weighted by atomic mass is 35.5. The highest BCUT2D eigenvalue weighted by Crippen LogP contribution is 2.30. The van der Waals surface area contributed by atoms with E-state index in [1.165, 1.54) is 0 Å². The molecule has 18 heavy (non-hydrogen) atoms. The smallest absolute Gasteiger partial charge is 0.256 e. The standard InChI is InChI=1S/C14H19ClN2O/c1-2-3-8-17(11-5-6-11)14(18)12-7-4-10(15)9-13(12)16/h4,7,9,11H,2-3,5-6,8,16H2,1H3. The van der Waals surface area contributed by atoms with Gasteiger partial charge in [-0.25, -0.2) is 0 Å². The van der Waals surface area contributed by atoms with E-state index >= 15 is 0 Å². The SMILES string of the molecule is CCCCN(C(=O)c1ccc(Cl)cc1N)C1CC1. The van der Waals surface area contributed by atoms with Gasteiger partial charge in [-0.3, -0.25) is 4.79 Å². The number of halogens is 1. The second-order valence-corrected chi connectivity index (χ2v) is 5.25. The maximum absolute atomic E-state index is 12.5. The van der Waals surface area contributed by atoms with Crippen molar-refractivity contribution in [3.8, 4) is 0 Å². The van der Waals surface area contributed by atoms with Crippen molar-refractivity contribution < 1.29 is 4.79 Å². The Morgan fingerprint density at radius 1 is 1.50 bits per heavy atom. The van der Waals surface area contributed by atoms with Crippen LogP contribution in [0.1, 0.15) is 43.0 Å². The molecule has 98 valence electrons. The average Bonchev–Trinajstić information content (AvgIpc) is 3.13. The van der Waals surface area contributed by atoms with Gasteiger partial charge < -0.3 is 10.6 Å². The number of carbonyl (C=O) groups is 1. The molecule has 1 aliphatic carbocycles. The molecule has 0 spiro atoms. The lowest BCUT2D eigenvalue weighted by Crippen LogP contribution is -2.34. The van der Waals surface area contributed by atoms with Gasteiger partial charge in [0.1, 0.15) is 0 Å². The van der Waals surface area contributed by atoms with Crippen LogP contribution in [0.2, 0.25) is 5.02 Å². The molecule has 1 fully saturated rings. The summed E-state index contributed by atoms with van der Waals surface area (Å²) in [6.45, 7) is 2.95. The minimum Gasteiger partial charge on any atom is -0.398 e. The number of unbranched alkanes of at least 4 members (excludes halogenated alkanes) is 1. The normalized spacial score (nSPS) is 14.6. The molecule has 0 unspecified atom stereocenters. The van der Waals surface area contributed by atoms with Crippen molar-refractivity contribution in [3.63, 3.8) is 0 Å². The van der Waals surface area contributed by atoms with Gasteiger partial charge in [-0.05, 0) is 37.5 Å². The molecular formula is C14H19ClN2O. The Hall–Kier alpha value is -1.22. The molecule has 4 heteroatoms. The van der Waals surface area contributed by atoms with Crippen LogP contribution in [-0.4, -0.2) is 23.4 Å². The lowest BCUT2D eigenvalue weighted by molar-refractivity contribution is 0.0742. The first kappa shape index (κ1) is 13.2. The summed E-state index contributed by atoms with van der Waals surface area (Å²) in [4.78, 5) is 14.4. The lowest BCUT2D eigenvalue weighted by Gasteiger charge is -2.23. The van der Waals surface area contributed by atoms with Crippen LogP contribution in [0.15, 0.2) is 18.2 Å². The zero-order valence-corrected chi connectivity index (χ0v) is 11.4. The molecule has 1 amide bonds. The maximum atomic E-state index is 12.5. The van der Waals surface area contributed by atoms with Gasteiger partial charge in [0, 0.05) is 23.3 Å². The van der Waals surface area contributed by atoms with Crippen LogP contribution in [0, 0.1) is 0 Å². The van der Waals surface area contributed by atoms with Crippen LogP contribution < -0.4 is 5.73 Å². The Balaban J connectivity index is 2.16. The summed E-state index contributed by atoms with van der Waals surface area (Å²) in [5.41, 5.74) is 6.92. The van der Waals surface area contributed by atoms with Gasteiger partial charge in [0.05, 0.1) is 5.56 Å². The third-order valence-corrected chi connectivity index (χ3v) is 3.48. The number of amides is 1. The molecule has 0 aliphatic heterocycles. The van der Waals surface area contributed by atoms with Gasteiger partial charge in [0.15, 0.2) is 0 Å². The Bertz CT molecular complexity index is 443. The van der Waals surface area contributed by atoms with Crippen molar-refractivity contribution >= 4 is 23.2 Å². The van der Waals surface area contributed by atoms with Gasteiger partial charge in [0.2, 0.25) is 0 Å². The zero-order chi connectivity index (χ0) is 13.1. The molecule has 0 aromatic heterocycles. The third kappa shape index (κ3) is 2.96. The lowest BCUT2D eigenvalue weighted by atomic mass is 10.1. The molecule has 0 radical (unpaired) electrons. The van der Waals surface area contributed by atoms with E-state index in [9.17, 15) is 4.79 Å². The predicted octanol–water partition coefficient (Wildman–Crippen LogP) is 3.33. The summed E-state index contributed by atoms with van der Waals surface area (Å²) in [5, 5.41) is 0.565. The number of benzene rings is 1. The quantitative estimate of drug-likeness (QED) is 0.831. The van der Waals surface area contributed by atoms with Crippen molar-refractivity contribution in [1.29, 1.82) is 0 Å².